The van der Waals surface area contributed by atoms with Crippen LogP contribution >= 0.6 is 0 Å². The minimum absolute atomic E-state index is 0.0300. The van der Waals surface area contributed by atoms with Crippen LogP contribution in [0.2, 0.25) is 0 Å². The summed E-state index contributed by atoms with van der Waals surface area (Å²) in [5.41, 5.74) is 0. The lowest BCUT2D eigenvalue weighted by atomic mass is 10.2. The smallest absolute Gasteiger partial charge is 0.306 e. The van der Waals surface area contributed by atoms with Gasteiger partial charge in [-0.15, -0.1) is 0 Å². The van der Waals surface area contributed by atoms with E-state index in [-0.39, 0.29) is 31.7 Å². The lowest BCUT2D eigenvalue weighted by molar-refractivity contribution is -0.140. The third-order valence-electron chi connectivity index (χ3n) is 2.95. The number of esters is 1. The highest BCUT2D eigenvalue weighted by Gasteiger charge is 2.28. The Kier molecular flexibility index (Phi) is 6.87. The normalized spacial score (nSPS) is 19.8. The van der Waals surface area contributed by atoms with Crippen LogP contribution in [0, 0.1) is 0 Å². The van der Waals surface area contributed by atoms with Crippen LogP contribution in [-0.4, -0.2) is 57.6 Å². The van der Waals surface area contributed by atoms with E-state index in [1.807, 2.05) is 0 Å². The molecule has 0 aliphatic carbocycles. The van der Waals surface area contributed by atoms with Crippen molar-refractivity contribution >= 4 is 16.2 Å². The van der Waals surface area contributed by atoms with Gasteiger partial charge in [-0.2, -0.15) is 17.4 Å². The SMILES string of the molecule is COC(=O)CCN(CC1CCCO1)S(=O)(=O)NC(C)C. The van der Waals surface area contributed by atoms with Crippen LogP contribution < -0.4 is 4.72 Å². The third kappa shape index (κ3) is 5.74. The van der Waals surface area contributed by atoms with Crippen LogP contribution in [0.25, 0.3) is 0 Å². The van der Waals surface area contributed by atoms with E-state index in [1.165, 1.54) is 11.4 Å². The van der Waals surface area contributed by atoms with Crippen LogP contribution in [0.3, 0.4) is 0 Å². The Balaban J connectivity index is 2.68. The second kappa shape index (κ2) is 7.92. The molecule has 0 saturated carbocycles. The number of nitrogens with one attached hydrogen (secondary N) is 1. The number of rotatable bonds is 8. The first-order valence-corrected chi connectivity index (χ1v) is 8.25. The molecule has 0 aromatic carbocycles. The van der Waals surface area contributed by atoms with E-state index in [1.54, 1.807) is 13.8 Å². The number of carbonyl (C=O) groups excluding carboxylic acids is 1. The summed E-state index contributed by atoms with van der Waals surface area (Å²) in [5.74, 6) is -0.429. The van der Waals surface area contributed by atoms with Crippen molar-refractivity contribution < 1.29 is 22.7 Å². The average Bonchev–Trinajstić information content (AvgIpc) is 2.84. The lowest BCUT2D eigenvalue weighted by Crippen LogP contribution is -2.47. The van der Waals surface area contributed by atoms with Gasteiger partial charge in [0, 0.05) is 25.7 Å². The van der Waals surface area contributed by atoms with Crippen molar-refractivity contribution in [3.63, 3.8) is 0 Å². The van der Waals surface area contributed by atoms with Crippen LogP contribution in [0.1, 0.15) is 33.1 Å². The van der Waals surface area contributed by atoms with Gasteiger partial charge in [-0.3, -0.25) is 4.79 Å². The molecule has 1 fully saturated rings. The quantitative estimate of drug-likeness (QED) is 0.651. The van der Waals surface area contributed by atoms with Gasteiger partial charge in [-0.1, -0.05) is 0 Å². The minimum Gasteiger partial charge on any atom is -0.469 e. The summed E-state index contributed by atoms with van der Waals surface area (Å²) in [7, 11) is -2.33. The maximum absolute atomic E-state index is 12.2. The summed E-state index contributed by atoms with van der Waals surface area (Å²) in [6, 6.07) is -0.204. The monoisotopic (exact) mass is 308 g/mol. The summed E-state index contributed by atoms with van der Waals surface area (Å²) in [6.45, 7) is 4.52. The number of ether oxygens (including phenoxy) is 2. The van der Waals surface area contributed by atoms with Gasteiger partial charge in [0.1, 0.15) is 0 Å². The van der Waals surface area contributed by atoms with E-state index in [4.69, 9.17) is 4.74 Å². The molecular weight excluding hydrogens is 284 g/mol. The molecule has 0 spiro atoms. The van der Waals surface area contributed by atoms with E-state index in [2.05, 4.69) is 9.46 Å². The second-order valence-corrected chi connectivity index (χ2v) is 6.80. The van der Waals surface area contributed by atoms with Crippen molar-refractivity contribution in [1.29, 1.82) is 0 Å². The molecule has 1 rings (SSSR count). The Morgan fingerprint density at radius 3 is 2.70 bits per heavy atom. The van der Waals surface area contributed by atoms with Crippen LogP contribution in [0.4, 0.5) is 0 Å². The first kappa shape index (κ1) is 17.4. The lowest BCUT2D eigenvalue weighted by Gasteiger charge is -2.25. The van der Waals surface area contributed by atoms with E-state index in [9.17, 15) is 13.2 Å². The third-order valence-corrected chi connectivity index (χ3v) is 4.73. The molecule has 0 amide bonds. The predicted molar refractivity (Wildman–Crippen MR) is 74.4 cm³/mol. The molecule has 0 bridgehead atoms. The fourth-order valence-corrected chi connectivity index (χ4v) is 3.45. The van der Waals surface area contributed by atoms with E-state index in [0.717, 1.165) is 12.8 Å². The molecular formula is C12H24N2O5S. The summed E-state index contributed by atoms with van der Waals surface area (Å²) < 4.78 is 38.3. The van der Waals surface area contributed by atoms with Gasteiger partial charge in [0.25, 0.3) is 10.2 Å². The summed E-state index contributed by atoms with van der Waals surface area (Å²) in [5, 5.41) is 0. The van der Waals surface area contributed by atoms with Gasteiger partial charge in [-0.05, 0) is 26.7 Å². The van der Waals surface area contributed by atoms with E-state index >= 15 is 0 Å². The van der Waals surface area contributed by atoms with Crippen molar-refractivity contribution in [1.82, 2.24) is 9.03 Å². The van der Waals surface area contributed by atoms with Crippen LogP contribution in [0.15, 0.2) is 0 Å². The fourth-order valence-electron chi connectivity index (χ4n) is 2.02. The van der Waals surface area contributed by atoms with Gasteiger partial charge >= 0.3 is 5.97 Å². The van der Waals surface area contributed by atoms with E-state index in [0.29, 0.717) is 6.61 Å². The predicted octanol–water partition coefficient (Wildman–Crippen LogP) is 0.273. The molecule has 0 aromatic heterocycles. The van der Waals surface area contributed by atoms with Gasteiger partial charge in [0.2, 0.25) is 0 Å². The number of methoxy groups -OCH3 is 1. The first-order chi connectivity index (χ1) is 9.35. The Hall–Kier alpha value is -0.700. The number of hydrogen-bond acceptors (Lipinski definition) is 5. The molecule has 0 aromatic rings. The maximum Gasteiger partial charge on any atom is 0.306 e. The Labute approximate surface area is 120 Å². The number of carbonyl (C=O) groups is 1. The van der Waals surface area contributed by atoms with Crippen LogP contribution in [0.5, 0.6) is 0 Å². The van der Waals surface area contributed by atoms with Gasteiger partial charge in [-0.25, -0.2) is 0 Å². The molecule has 1 unspecified atom stereocenters. The van der Waals surface area contributed by atoms with Crippen molar-refractivity contribution in [2.24, 2.45) is 0 Å². The minimum atomic E-state index is -3.62. The standard InChI is InChI=1S/C12H24N2O5S/c1-10(2)13-20(16,17)14(7-6-12(15)18-3)9-11-5-4-8-19-11/h10-11,13H,4-9H2,1-3H3. The molecule has 1 aliphatic heterocycles. The highest BCUT2D eigenvalue weighted by atomic mass is 32.2. The average molecular weight is 308 g/mol. The van der Waals surface area contributed by atoms with Gasteiger partial charge in [0.05, 0.1) is 19.6 Å². The van der Waals surface area contributed by atoms with Gasteiger partial charge < -0.3 is 9.47 Å². The van der Waals surface area contributed by atoms with Gasteiger partial charge in [0.15, 0.2) is 0 Å². The molecule has 8 heteroatoms. The summed E-state index contributed by atoms with van der Waals surface area (Å²) >= 11 is 0. The Morgan fingerprint density at radius 1 is 1.50 bits per heavy atom. The highest BCUT2D eigenvalue weighted by molar-refractivity contribution is 7.87. The Bertz CT molecular complexity index is 404. The van der Waals surface area contributed by atoms with Crippen molar-refractivity contribution in [3.8, 4) is 0 Å². The molecule has 0 radical (unpaired) electrons. The fraction of sp³-hybridized carbons (Fsp3) is 0.917. The molecule has 118 valence electrons. The zero-order valence-corrected chi connectivity index (χ0v) is 13.1. The maximum atomic E-state index is 12.2. The van der Waals surface area contributed by atoms with Crippen molar-refractivity contribution in [2.75, 3.05) is 26.8 Å². The molecule has 1 aliphatic rings. The zero-order valence-electron chi connectivity index (χ0n) is 12.3. The molecule has 20 heavy (non-hydrogen) atoms. The van der Waals surface area contributed by atoms with Crippen molar-refractivity contribution in [3.05, 3.63) is 0 Å². The van der Waals surface area contributed by atoms with Crippen LogP contribution in [-0.2, 0) is 24.5 Å². The second-order valence-electron chi connectivity index (χ2n) is 5.10. The molecule has 7 nitrogen and oxygen atoms in total. The molecule has 1 atom stereocenters. The molecule has 1 N–H and O–H groups in total. The molecule has 1 saturated heterocycles. The first-order valence-electron chi connectivity index (χ1n) is 6.81. The zero-order chi connectivity index (χ0) is 15.2. The summed E-state index contributed by atoms with van der Waals surface area (Å²) in [4.78, 5) is 11.2. The van der Waals surface area contributed by atoms with E-state index < -0.39 is 16.2 Å². The summed E-state index contributed by atoms with van der Waals surface area (Å²) in [6.07, 6.45) is 1.71. The largest absolute Gasteiger partial charge is 0.469 e. The number of nitrogens with zero attached hydrogens (tertiary/aromatic N) is 1. The topological polar surface area (TPSA) is 84.9 Å². The highest BCUT2D eigenvalue weighted by Crippen LogP contribution is 2.15. The Morgan fingerprint density at radius 2 is 2.20 bits per heavy atom. The molecule has 1 heterocycles. The number of hydrogen-bond donors (Lipinski definition) is 1. The van der Waals surface area contributed by atoms with Crippen molar-refractivity contribution in [2.45, 2.75) is 45.3 Å².